The largest absolute Gasteiger partial charge is 0.118 e. The molecule has 104 valence electrons. The molecule has 0 spiro atoms. The third-order valence-corrected chi connectivity index (χ3v) is 5.69. The van der Waals surface area contributed by atoms with Gasteiger partial charge in [-0.3, -0.25) is 0 Å². The second kappa shape index (κ2) is 9.90. The molecule has 0 saturated heterocycles. The average Bonchev–Trinajstić information content (AvgIpc) is 2.41. The number of hydrogen-bond donors (Lipinski definition) is 0. The van der Waals surface area contributed by atoms with Crippen LogP contribution in [0.25, 0.3) is 0 Å². The topological polar surface area (TPSA) is 0 Å². The number of alkyl halides is 1. The Labute approximate surface area is 134 Å². The van der Waals surface area contributed by atoms with E-state index in [1.54, 1.807) is 0 Å². The Hall–Kier alpha value is 0.0835. The van der Waals surface area contributed by atoms with Crippen molar-refractivity contribution in [1.29, 1.82) is 0 Å². The molecule has 0 heterocycles. The summed E-state index contributed by atoms with van der Waals surface area (Å²) in [6.45, 7) is 0. The van der Waals surface area contributed by atoms with Gasteiger partial charge in [0.2, 0.25) is 0 Å². The van der Waals surface area contributed by atoms with Crippen LogP contribution in [0.1, 0.15) is 6.42 Å². The van der Waals surface area contributed by atoms with Crippen LogP contribution in [-0.4, -0.2) is 11.3 Å². The first kappa shape index (κ1) is 17.1. The predicted octanol–water partition coefficient (Wildman–Crippen LogP) is 3.95. The van der Waals surface area contributed by atoms with Gasteiger partial charge in [-0.15, -0.1) is 11.6 Å². The number of hydrogen-bond acceptors (Lipinski definition) is 0. The van der Waals surface area contributed by atoms with Crippen molar-refractivity contribution in [3.63, 3.8) is 0 Å². The standard InChI is InChI=1S/C15H17ClP2.Ni/c16-15(18-14-9-5-2-6-10-14)11-12-17-13-7-3-1-4-8-13;/h1-10,15,17-18H,11-12H2;. The summed E-state index contributed by atoms with van der Waals surface area (Å²) in [5, 5.41) is 3.08. The van der Waals surface area contributed by atoms with Crippen molar-refractivity contribution >= 4 is 39.4 Å². The molecule has 0 amide bonds. The molecular weight excluding hydrogens is 336 g/mol. The van der Waals surface area contributed by atoms with Gasteiger partial charge in [-0.1, -0.05) is 77.8 Å². The fourth-order valence-electron chi connectivity index (χ4n) is 1.69. The van der Waals surface area contributed by atoms with E-state index in [2.05, 4.69) is 54.6 Å². The van der Waals surface area contributed by atoms with Gasteiger partial charge >= 0.3 is 0 Å². The van der Waals surface area contributed by atoms with Crippen molar-refractivity contribution in [2.45, 2.75) is 11.5 Å². The van der Waals surface area contributed by atoms with E-state index in [9.17, 15) is 0 Å². The monoisotopic (exact) mass is 352 g/mol. The Morgan fingerprint density at radius 2 is 1.37 bits per heavy atom. The molecule has 2 aromatic carbocycles. The van der Waals surface area contributed by atoms with Crippen LogP contribution in [0.2, 0.25) is 0 Å². The molecule has 2 aromatic rings. The quantitative estimate of drug-likeness (QED) is 0.419. The van der Waals surface area contributed by atoms with E-state index >= 15 is 0 Å². The van der Waals surface area contributed by atoms with Gasteiger partial charge < -0.3 is 0 Å². The van der Waals surface area contributed by atoms with Gasteiger partial charge in [-0.05, 0) is 23.2 Å². The van der Waals surface area contributed by atoms with E-state index < -0.39 is 0 Å². The minimum Gasteiger partial charge on any atom is -0.118 e. The molecule has 0 aliphatic rings. The van der Waals surface area contributed by atoms with Crippen LogP contribution in [0.4, 0.5) is 0 Å². The minimum atomic E-state index is 0. The molecule has 0 N–H and O–H groups in total. The molecule has 0 bridgehead atoms. The van der Waals surface area contributed by atoms with E-state index in [0.717, 1.165) is 15.0 Å². The molecule has 0 aliphatic heterocycles. The van der Waals surface area contributed by atoms with Gasteiger partial charge in [0.05, 0.1) is 5.12 Å². The number of halogens is 1. The molecule has 0 aliphatic carbocycles. The Bertz CT molecular complexity index is 450. The summed E-state index contributed by atoms with van der Waals surface area (Å²) in [5.74, 6) is 0. The normalized spacial score (nSPS) is 12.9. The van der Waals surface area contributed by atoms with Gasteiger partial charge in [-0.25, -0.2) is 0 Å². The van der Waals surface area contributed by atoms with Crippen LogP contribution in [0.15, 0.2) is 60.7 Å². The molecule has 19 heavy (non-hydrogen) atoms. The summed E-state index contributed by atoms with van der Waals surface area (Å²) in [4.78, 5) is 0. The zero-order valence-corrected chi connectivity index (χ0v) is 14.2. The van der Waals surface area contributed by atoms with E-state index in [1.807, 2.05) is 6.07 Å². The van der Waals surface area contributed by atoms with Crippen molar-refractivity contribution in [3.8, 4) is 0 Å². The minimum absolute atomic E-state index is 0. The molecule has 2 rings (SSSR count). The fraction of sp³-hybridized carbons (Fsp3) is 0.200. The van der Waals surface area contributed by atoms with Crippen LogP contribution in [0, 0.1) is 0 Å². The van der Waals surface area contributed by atoms with Crippen LogP contribution >= 0.6 is 28.8 Å². The summed E-state index contributed by atoms with van der Waals surface area (Å²) < 4.78 is 0. The van der Waals surface area contributed by atoms with Crippen molar-refractivity contribution in [2.75, 3.05) is 6.16 Å². The second-order valence-electron chi connectivity index (χ2n) is 4.06. The third kappa shape index (κ3) is 6.88. The van der Waals surface area contributed by atoms with Crippen molar-refractivity contribution in [1.82, 2.24) is 0 Å². The predicted molar refractivity (Wildman–Crippen MR) is 87.9 cm³/mol. The Balaban J connectivity index is 0.00000180. The first-order valence-electron chi connectivity index (χ1n) is 6.09. The Morgan fingerprint density at radius 1 is 0.842 bits per heavy atom. The Kier molecular flexibility index (Phi) is 8.93. The van der Waals surface area contributed by atoms with Gasteiger partial charge in [0.25, 0.3) is 0 Å². The molecule has 3 unspecified atom stereocenters. The van der Waals surface area contributed by atoms with Gasteiger partial charge in [0, 0.05) is 16.5 Å². The summed E-state index contributed by atoms with van der Waals surface area (Å²) in [6, 6.07) is 21.2. The maximum atomic E-state index is 6.40. The SMILES string of the molecule is ClC(CCPc1ccccc1)Pc1ccccc1.[Ni]. The molecular formula is C15H17ClNiP2. The van der Waals surface area contributed by atoms with Crippen LogP contribution < -0.4 is 10.6 Å². The van der Waals surface area contributed by atoms with E-state index in [-0.39, 0.29) is 21.6 Å². The van der Waals surface area contributed by atoms with Crippen LogP contribution in [0.3, 0.4) is 0 Å². The second-order valence-corrected chi connectivity index (χ2v) is 7.95. The zero-order valence-electron chi connectivity index (χ0n) is 10.5. The van der Waals surface area contributed by atoms with Crippen LogP contribution in [-0.2, 0) is 16.5 Å². The molecule has 4 heteroatoms. The number of rotatable bonds is 6. The smallest absolute Gasteiger partial charge is 0.0550 e. The zero-order chi connectivity index (χ0) is 12.6. The van der Waals surface area contributed by atoms with Crippen molar-refractivity contribution < 1.29 is 16.5 Å². The molecule has 3 atom stereocenters. The first-order chi connectivity index (χ1) is 8.84. The summed E-state index contributed by atoms with van der Waals surface area (Å²) in [7, 11) is 1.59. The van der Waals surface area contributed by atoms with E-state index in [1.165, 1.54) is 16.8 Å². The van der Waals surface area contributed by atoms with E-state index in [0.29, 0.717) is 8.58 Å². The maximum absolute atomic E-state index is 6.40. The molecule has 0 fully saturated rings. The van der Waals surface area contributed by atoms with Gasteiger partial charge in [0.1, 0.15) is 0 Å². The van der Waals surface area contributed by atoms with E-state index in [4.69, 9.17) is 11.6 Å². The fourth-order valence-corrected chi connectivity index (χ4v) is 4.83. The van der Waals surface area contributed by atoms with Crippen LogP contribution in [0.5, 0.6) is 0 Å². The van der Waals surface area contributed by atoms with Crippen molar-refractivity contribution in [2.24, 2.45) is 0 Å². The molecule has 0 radical (unpaired) electrons. The number of benzene rings is 2. The first-order valence-corrected chi connectivity index (χ1v) is 8.81. The maximum Gasteiger partial charge on any atom is 0.0550 e. The van der Waals surface area contributed by atoms with Crippen molar-refractivity contribution in [3.05, 3.63) is 60.7 Å². The third-order valence-electron chi connectivity index (χ3n) is 2.60. The van der Waals surface area contributed by atoms with Gasteiger partial charge in [-0.2, -0.15) is 0 Å². The summed E-state index contributed by atoms with van der Waals surface area (Å²) in [5.41, 5.74) is 0. The average molecular weight is 353 g/mol. The van der Waals surface area contributed by atoms with Gasteiger partial charge in [0.15, 0.2) is 0 Å². The molecule has 0 aromatic heterocycles. The molecule has 0 saturated carbocycles. The molecule has 0 nitrogen and oxygen atoms in total. The Morgan fingerprint density at radius 3 is 1.95 bits per heavy atom. The summed E-state index contributed by atoms with van der Waals surface area (Å²) >= 11 is 6.40. The summed E-state index contributed by atoms with van der Waals surface area (Å²) in [6.07, 6.45) is 2.29.